The van der Waals surface area contributed by atoms with E-state index < -0.39 is 0 Å². The second-order valence-corrected chi connectivity index (χ2v) is 4.81. The highest BCUT2D eigenvalue weighted by Gasteiger charge is 2.34. The molecular formula is C13H18N4O. The van der Waals surface area contributed by atoms with Crippen molar-refractivity contribution < 1.29 is 4.79 Å². The van der Waals surface area contributed by atoms with Crippen molar-refractivity contribution in [2.24, 2.45) is 7.05 Å². The van der Waals surface area contributed by atoms with Crippen LogP contribution >= 0.6 is 0 Å². The van der Waals surface area contributed by atoms with E-state index in [9.17, 15) is 4.79 Å². The molecule has 1 aromatic rings. The van der Waals surface area contributed by atoms with Crippen LogP contribution in [0.4, 0.5) is 0 Å². The van der Waals surface area contributed by atoms with Crippen LogP contribution in [-0.2, 0) is 7.05 Å². The molecule has 0 atom stereocenters. The molecule has 0 N–H and O–H groups in total. The molecule has 0 spiro atoms. The molecular weight excluding hydrogens is 228 g/mol. The Labute approximate surface area is 107 Å². The topological polar surface area (TPSA) is 61.9 Å². The Bertz CT molecular complexity index is 508. The van der Waals surface area contributed by atoms with Gasteiger partial charge in [-0.2, -0.15) is 10.4 Å². The lowest BCUT2D eigenvalue weighted by Crippen LogP contribution is -2.34. The van der Waals surface area contributed by atoms with Gasteiger partial charge in [-0.15, -0.1) is 0 Å². The lowest BCUT2D eigenvalue weighted by Gasteiger charge is -2.21. The van der Waals surface area contributed by atoms with Gasteiger partial charge in [-0.3, -0.25) is 9.48 Å². The number of carbonyl (C=O) groups is 1. The Kier molecular flexibility index (Phi) is 3.37. The summed E-state index contributed by atoms with van der Waals surface area (Å²) in [5, 5.41) is 13.0. The largest absolute Gasteiger partial charge is 0.335 e. The summed E-state index contributed by atoms with van der Waals surface area (Å²) in [5.74, 6) is 0.0239. The Morgan fingerprint density at radius 3 is 2.67 bits per heavy atom. The van der Waals surface area contributed by atoms with E-state index in [4.69, 9.17) is 5.26 Å². The van der Waals surface area contributed by atoms with Gasteiger partial charge in [-0.1, -0.05) is 0 Å². The van der Waals surface area contributed by atoms with E-state index >= 15 is 0 Å². The fourth-order valence-electron chi connectivity index (χ4n) is 2.23. The summed E-state index contributed by atoms with van der Waals surface area (Å²) in [6, 6.07) is 2.43. The summed E-state index contributed by atoms with van der Waals surface area (Å²) in [6.45, 7) is 4.28. The van der Waals surface area contributed by atoms with E-state index in [0.29, 0.717) is 24.6 Å². The fourth-order valence-corrected chi connectivity index (χ4v) is 2.23. The van der Waals surface area contributed by atoms with Crippen LogP contribution in [-0.4, -0.2) is 33.2 Å². The highest BCUT2D eigenvalue weighted by Crippen LogP contribution is 2.29. The summed E-state index contributed by atoms with van der Waals surface area (Å²) in [5.41, 5.74) is 2.35. The number of hydrogen-bond donors (Lipinski definition) is 0. The molecule has 0 unspecified atom stereocenters. The van der Waals surface area contributed by atoms with Gasteiger partial charge in [0.25, 0.3) is 5.91 Å². The molecule has 5 nitrogen and oxygen atoms in total. The third-order valence-corrected chi connectivity index (χ3v) is 3.44. The van der Waals surface area contributed by atoms with Gasteiger partial charge in [0.2, 0.25) is 0 Å². The molecule has 1 saturated carbocycles. The van der Waals surface area contributed by atoms with Crippen LogP contribution in [0.5, 0.6) is 0 Å². The van der Waals surface area contributed by atoms with Crippen LogP contribution in [0.15, 0.2) is 0 Å². The summed E-state index contributed by atoms with van der Waals surface area (Å²) in [4.78, 5) is 14.4. The zero-order chi connectivity index (χ0) is 13.3. The SMILES string of the molecule is Cc1nn(C)c(C)c1C(=O)N(CCC#N)C1CC1. The smallest absolute Gasteiger partial charge is 0.257 e. The first-order valence-electron chi connectivity index (χ1n) is 6.24. The molecule has 1 heterocycles. The number of aromatic nitrogens is 2. The van der Waals surface area contributed by atoms with Crippen LogP contribution in [0.25, 0.3) is 0 Å². The Morgan fingerprint density at radius 1 is 1.56 bits per heavy atom. The predicted molar refractivity (Wildman–Crippen MR) is 67.0 cm³/mol. The van der Waals surface area contributed by atoms with Crippen LogP contribution < -0.4 is 0 Å². The Morgan fingerprint density at radius 2 is 2.22 bits per heavy atom. The number of rotatable bonds is 4. The molecule has 0 bridgehead atoms. The maximum absolute atomic E-state index is 12.6. The maximum Gasteiger partial charge on any atom is 0.257 e. The van der Waals surface area contributed by atoms with Crippen molar-refractivity contribution >= 4 is 5.91 Å². The monoisotopic (exact) mass is 246 g/mol. The van der Waals surface area contributed by atoms with E-state index in [1.165, 1.54) is 0 Å². The van der Waals surface area contributed by atoms with Crippen LogP contribution in [0, 0.1) is 25.2 Å². The van der Waals surface area contributed by atoms with Crippen molar-refractivity contribution in [3.63, 3.8) is 0 Å². The number of hydrogen-bond acceptors (Lipinski definition) is 3. The van der Waals surface area contributed by atoms with Gasteiger partial charge in [0.1, 0.15) is 0 Å². The van der Waals surface area contributed by atoms with Gasteiger partial charge in [-0.05, 0) is 26.7 Å². The molecule has 0 radical (unpaired) electrons. The second-order valence-electron chi connectivity index (χ2n) is 4.81. The lowest BCUT2D eigenvalue weighted by atomic mass is 10.1. The molecule has 0 saturated heterocycles. The number of nitriles is 1. The van der Waals surface area contributed by atoms with E-state index in [1.807, 2.05) is 25.8 Å². The first kappa shape index (κ1) is 12.6. The molecule has 1 aliphatic rings. The second kappa shape index (κ2) is 4.81. The Balaban J connectivity index is 2.25. The van der Waals surface area contributed by atoms with Crippen molar-refractivity contribution in [3.8, 4) is 6.07 Å². The highest BCUT2D eigenvalue weighted by molar-refractivity contribution is 5.96. The molecule has 96 valence electrons. The minimum Gasteiger partial charge on any atom is -0.335 e. The highest BCUT2D eigenvalue weighted by atomic mass is 16.2. The molecule has 0 aliphatic heterocycles. The lowest BCUT2D eigenvalue weighted by molar-refractivity contribution is 0.0745. The van der Waals surface area contributed by atoms with Crippen molar-refractivity contribution in [2.45, 2.75) is 39.2 Å². The number of amides is 1. The quantitative estimate of drug-likeness (QED) is 0.809. The normalized spacial score (nSPS) is 14.3. The van der Waals surface area contributed by atoms with Crippen molar-refractivity contribution in [3.05, 3.63) is 17.0 Å². The molecule has 18 heavy (non-hydrogen) atoms. The number of nitrogens with zero attached hydrogens (tertiary/aromatic N) is 4. The zero-order valence-corrected chi connectivity index (χ0v) is 11.1. The first-order chi connectivity index (χ1) is 8.56. The van der Waals surface area contributed by atoms with Gasteiger partial charge in [0, 0.05) is 25.3 Å². The van der Waals surface area contributed by atoms with E-state index in [-0.39, 0.29) is 5.91 Å². The van der Waals surface area contributed by atoms with Gasteiger partial charge < -0.3 is 4.90 Å². The van der Waals surface area contributed by atoms with Gasteiger partial charge >= 0.3 is 0 Å². The summed E-state index contributed by atoms with van der Waals surface area (Å²) < 4.78 is 1.73. The van der Waals surface area contributed by atoms with Crippen molar-refractivity contribution in [1.82, 2.24) is 14.7 Å². The minimum atomic E-state index is 0.0239. The minimum absolute atomic E-state index is 0.0239. The molecule has 0 aromatic carbocycles. The van der Waals surface area contributed by atoms with Crippen LogP contribution in [0.1, 0.15) is 41.0 Å². The molecule has 1 aliphatic carbocycles. The standard InChI is InChI=1S/C13H18N4O/c1-9-12(10(2)16(3)15-9)13(18)17(8-4-7-14)11-5-6-11/h11H,4-6,8H2,1-3H3. The molecule has 1 aromatic heterocycles. The maximum atomic E-state index is 12.6. The van der Waals surface area contributed by atoms with Gasteiger partial charge in [-0.25, -0.2) is 0 Å². The Hall–Kier alpha value is -1.83. The average Bonchev–Trinajstić information content (AvgIpc) is 3.10. The third kappa shape index (κ3) is 2.23. The summed E-state index contributed by atoms with van der Waals surface area (Å²) in [6.07, 6.45) is 2.49. The van der Waals surface area contributed by atoms with E-state index in [1.54, 1.807) is 4.68 Å². The van der Waals surface area contributed by atoms with E-state index in [0.717, 1.165) is 24.2 Å². The summed E-state index contributed by atoms with van der Waals surface area (Å²) >= 11 is 0. The first-order valence-corrected chi connectivity index (χ1v) is 6.24. The average molecular weight is 246 g/mol. The van der Waals surface area contributed by atoms with Crippen LogP contribution in [0.2, 0.25) is 0 Å². The molecule has 1 amide bonds. The number of aryl methyl sites for hydroxylation is 2. The predicted octanol–water partition coefficient (Wildman–Crippen LogP) is 1.56. The third-order valence-electron chi connectivity index (χ3n) is 3.44. The molecule has 2 rings (SSSR count). The van der Waals surface area contributed by atoms with Crippen molar-refractivity contribution in [1.29, 1.82) is 5.26 Å². The van der Waals surface area contributed by atoms with Crippen LogP contribution in [0.3, 0.4) is 0 Å². The molecule has 5 heteroatoms. The van der Waals surface area contributed by atoms with Gasteiger partial charge in [0.15, 0.2) is 0 Å². The van der Waals surface area contributed by atoms with E-state index in [2.05, 4.69) is 11.2 Å². The number of carbonyl (C=O) groups excluding carboxylic acids is 1. The zero-order valence-electron chi connectivity index (χ0n) is 11.1. The molecule has 1 fully saturated rings. The van der Waals surface area contributed by atoms with Gasteiger partial charge in [0.05, 0.1) is 23.7 Å². The fraction of sp³-hybridized carbons (Fsp3) is 0.615. The summed E-state index contributed by atoms with van der Waals surface area (Å²) in [7, 11) is 1.84. The van der Waals surface area contributed by atoms with Crippen molar-refractivity contribution in [2.75, 3.05) is 6.54 Å².